The third-order valence-corrected chi connectivity index (χ3v) is 5.81. The van der Waals surface area contributed by atoms with Crippen molar-refractivity contribution in [1.29, 1.82) is 0 Å². The maximum absolute atomic E-state index is 12.7. The minimum Gasteiger partial charge on any atom is -0.496 e. The third kappa shape index (κ3) is 3.99. The zero-order valence-electron chi connectivity index (χ0n) is 13.2. The number of halogens is 2. The van der Waals surface area contributed by atoms with Crippen LogP contribution in [-0.4, -0.2) is 23.2 Å². The number of benzene rings is 2. The Kier molecular flexibility index (Phi) is 5.66. The lowest BCUT2D eigenvalue weighted by Gasteiger charge is -2.13. The molecule has 0 N–H and O–H groups in total. The second-order valence-electron chi connectivity index (χ2n) is 5.25. The molecule has 7 heteroatoms. The highest BCUT2D eigenvalue weighted by Crippen LogP contribution is 2.36. The van der Waals surface area contributed by atoms with E-state index in [1.165, 1.54) is 4.90 Å². The molecule has 128 valence electrons. The van der Waals surface area contributed by atoms with Crippen LogP contribution in [0.5, 0.6) is 5.75 Å². The van der Waals surface area contributed by atoms with Crippen LogP contribution in [0.25, 0.3) is 6.08 Å². The fourth-order valence-electron chi connectivity index (χ4n) is 2.39. The number of hydrogen-bond acceptors (Lipinski definition) is 4. The molecule has 2 amide bonds. The van der Waals surface area contributed by atoms with Crippen molar-refractivity contribution in [1.82, 2.24) is 4.90 Å². The van der Waals surface area contributed by atoms with Gasteiger partial charge >= 0.3 is 0 Å². The first-order valence-corrected chi connectivity index (χ1v) is 9.72. The molecule has 2 aromatic carbocycles. The maximum Gasteiger partial charge on any atom is 0.293 e. The van der Waals surface area contributed by atoms with Crippen LogP contribution in [0.2, 0.25) is 0 Å². The van der Waals surface area contributed by atoms with Gasteiger partial charge in [-0.1, -0.05) is 50.1 Å². The maximum atomic E-state index is 12.7. The Morgan fingerprint density at radius 1 is 1.16 bits per heavy atom. The Balaban J connectivity index is 1.89. The third-order valence-electron chi connectivity index (χ3n) is 3.64. The van der Waals surface area contributed by atoms with Gasteiger partial charge in [0.15, 0.2) is 0 Å². The summed E-state index contributed by atoms with van der Waals surface area (Å²) in [5, 5.41) is -0.277. The van der Waals surface area contributed by atoms with Gasteiger partial charge in [0.25, 0.3) is 11.1 Å². The van der Waals surface area contributed by atoms with Gasteiger partial charge in [0.2, 0.25) is 0 Å². The van der Waals surface area contributed by atoms with E-state index in [9.17, 15) is 9.59 Å². The fourth-order valence-corrected chi connectivity index (χ4v) is 4.01. The summed E-state index contributed by atoms with van der Waals surface area (Å²) < 4.78 is 7.06. The summed E-state index contributed by atoms with van der Waals surface area (Å²) in [5.74, 6) is 0.341. The lowest BCUT2D eigenvalue weighted by atomic mass is 10.1. The van der Waals surface area contributed by atoms with E-state index in [0.717, 1.165) is 31.8 Å². The normalized spacial score (nSPS) is 16.0. The number of amides is 2. The van der Waals surface area contributed by atoms with Gasteiger partial charge in [0.05, 0.1) is 18.6 Å². The summed E-state index contributed by atoms with van der Waals surface area (Å²) in [6.45, 7) is 0.235. The molecule has 0 radical (unpaired) electrons. The van der Waals surface area contributed by atoms with E-state index < -0.39 is 0 Å². The lowest BCUT2D eigenvalue weighted by Crippen LogP contribution is -2.27. The Hall–Kier alpha value is -1.57. The molecule has 1 heterocycles. The van der Waals surface area contributed by atoms with Crippen molar-refractivity contribution in [3.63, 3.8) is 0 Å². The van der Waals surface area contributed by atoms with Crippen LogP contribution in [0.4, 0.5) is 4.79 Å². The van der Waals surface area contributed by atoms with Crippen molar-refractivity contribution in [3.8, 4) is 5.75 Å². The number of rotatable bonds is 4. The molecule has 0 bridgehead atoms. The largest absolute Gasteiger partial charge is 0.496 e. The summed E-state index contributed by atoms with van der Waals surface area (Å²) in [4.78, 5) is 26.6. The zero-order valence-corrected chi connectivity index (χ0v) is 17.2. The van der Waals surface area contributed by atoms with Crippen molar-refractivity contribution in [2.45, 2.75) is 6.54 Å². The van der Waals surface area contributed by atoms with Crippen LogP contribution in [0, 0.1) is 0 Å². The van der Waals surface area contributed by atoms with Crippen LogP contribution >= 0.6 is 43.6 Å². The van der Waals surface area contributed by atoms with Crippen molar-refractivity contribution < 1.29 is 14.3 Å². The van der Waals surface area contributed by atoms with Crippen molar-refractivity contribution in [3.05, 3.63) is 67.4 Å². The highest BCUT2D eigenvalue weighted by atomic mass is 79.9. The number of nitrogens with zero attached hydrogens (tertiary/aromatic N) is 1. The highest BCUT2D eigenvalue weighted by molar-refractivity contribution is 9.10. The number of carbonyl (C=O) groups is 2. The summed E-state index contributed by atoms with van der Waals surface area (Å²) >= 11 is 7.79. The smallest absolute Gasteiger partial charge is 0.293 e. The molecule has 0 aliphatic carbocycles. The number of thioether (sulfide) groups is 1. The summed E-state index contributed by atoms with van der Waals surface area (Å²) in [6, 6.07) is 13.0. The fraction of sp³-hybridized carbons (Fsp3) is 0.111. The van der Waals surface area contributed by atoms with E-state index in [1.807, 2.05) is 36.4 Å². The van der Waals surface area contributed by atoms with E-state index in [-0.39, 0.29) is 17.7 Å². The highest BCUT2D eigenvalue weighted by Gasteiger charge is 2.35. The zero-order chi connectivity index (χ0) is 18.0. The first-order chi connectivity index (χ1) is 12.0. The first-order valence-electron chi connectivity index (χ1n) is 7.32. The van der Waals surface area contributed by atoms with E-state index in [1.54, 1.807) is 19.3 Å². The lowest BCUT2D eigenvalue weighted by molar-refractivity contribution is -0.123. The molecule has 0 unspecified atom stereocenters. The quantitative estimate of drug-likeness (QED) is 0.543. The SMILES string of the molecule is COc1ccc(Br)cc1/C=C1\SC(=O)N(Cc2ccccc2Br)C1=O. The predicted octanol–water partition coefficient (Wildman–Crippen LogP) is 5.46. The Morgan fingerprint density at radius 3 is 2.64 bits per heavy atom. The van der Waals surface area contributed by atoms with Gasteiger partial charge in [-0.3, -0.25) is 14.5 Å². The number of methoxy groups -OCH3 is 1. The molecule has 1 fully saturated rings. The topological polar surface area (TPSA) is 46.6 Å². The molecule has 0 aromatic heterocycles. The predicted molar refractivity (Wildman–Crippen MR) is 106 cm³/mol. The molecule has 4 nitrogen and oxygen atoms in total. The molecular weight excluding hydrogens is 470 g/mol. The van der Waals surface area contributed by atoms with Gasteiger partial charge in [-0.05, 0) is 47.7 Å². The summed E-state index contributed by atoms with van der Waals surface area (Å²) in [5.41, 5.74) is 1.62. The van der Waals surface area contributed by atoms with Gasteiger partial charge in [-0.25, -0.2) is 0 Å². The molecule has 0 saturated carbocycles. The molecule has 1 aliphatic rings. The molecule has 1 saturated heterocycles. The molecule has 3 rings (SSSR count). The molecule has 1 aliphatic heterocycles. The van der Waals surface area contributed by atoms with Gasteiger partial charge < -0.3 is 4.74 Å². The molecule has 0 atom stereocenters. The Labute approximate surface area is 166 Å². The minimum atomic E-state index is -0.298. The Morgan fingerprint density at radius 2 is 1.92 bits per heavy atom. The summed E-state index contributed by atoms with van der Waals surface area (Å²) in [6.07, 6.45) is 1.69. The molecular formula is C18H13Br2NO3S. The number of carbonyl (C=O) groups excluding carboxylic acids is 2. The molecule has 2 aromatic rings. The van der Waals surface area contributed by atoms with Crippen LogP contribution in [-0.2, 0) is 11.3 Å². The van der Waals surface area contributed by atoms with Gasteiger partial charge in [0.1, 0.15) is 5.75 Å². The van der Waals surface area contributed by atoms with E-state index in [0.29, 0.717) is 10.7 Å². The van der Waals surface area contributed by atoms with Crippen LogP contribution in [0.3, 0.4) is 0 Å². The molecule has 25 heavy (non-hydrogen) atoms. The van der Waals surface area contributed by atoms with Crippen molar-refractivity contribution >= 4 is 60.8 Å². The first kappa shape index (κ1) is 18.2. The molecule has 0 spiro atoms. The standard InChI is InChI=1S/C18H13Br2NO3S/c1-24-15-7-6-13(19)8-12(15)9-16-17(22)21(18(23)25-16)10-11-4-2-3-5-14(11)20/h2-9H,10H2,1H3/b16-9-. The monoisotopic (exact) mass is 481 g/mol. The van der Waals surface area contributed by atoms with E-state index >= 15 is 0 Å². The van der Waals surface area contributed by atoms with Gasteiger partial charge in [0, 0.05) is 14.5 Å². The van der Waals surface area contributed by atoms with E-state index in [4.69, 9.17) is 4.74 Å². The van der Waals surface area contributed by atoms with Crippen LogP contribution in [0.15, 0.2) is 56.3 Å². The average molecular weight is 483 g/mol. The number of ether oxygens (including phenoxy) is 1. The number of hydrogen-bond donors (Lipinski definition) is 0. The average Bonchev–Trinajstić information content (AvgIpc) is 2.84. The van der Waals surface area contributed by atoms with Gasteiger partial charge in [-0.2, -0.15) is 0 Å². The van der Waals surface area contributed by atoms with Crippen molar-refractivity contribution in [2.24, 2.45) is 0 Å². The number of imide groups is 1. The van der Waals surface area contributed by atoms with Crippen LogP contribution in [0.1, 0.15) is 11.1 Å². The second kappa shape index (κ2) is 7.76. The van der Waals surface area contributed by atoms with Crippen molar-refractivity contribution in [2.75, 3.05) is 7.11 Å². The second-order valence-corrected chi connectivity index (χ2v) is 8.01. The van der Waals surface area contributed by atoms with E-state index in [2.05, 4.69) is 31.9 Å². The van der Waals surface area contributed by atoms with Gasteiger partial charge in [-0.15, -0.1) is 0 Å². The Bertz CT molecular complexity index is 882. The summed E-state index contributed by atoms with van der Waals surface area (Å²) in [7, 11) is 1.57. The minimum absolute atomic E-state index is 0.235. The van der Waals surface area contributed by atoms with Crippen LogP contribution < -0.4 is 4.74 Å².